The van der Waals surface area contributed by atoms with Gasteiger partial charge in [0.05, 0.1) is 10.4 Å². The van der Waals surface area contributed by atoms with E-state index in [0.29, 0.717) is 15.4 Å². The van der Waals surface area contributed by atoms with E-state index >= 15 is 0 Å². The summed E-state index contributed by atoms with van der Waals surface area (Å²) in [5.41, 5.74) is 0.830. The number of halogens is 3. The second-order valence-electron chi connectivity index (χ2n) is 5.72. The van der Waals surface area contributed by atoms with E-state index in [2.05, 4.69) is 5.32 Å². The van der Waals surface area contributed by atoms with Gasteiger partial charge in [-0.15, -0.1) is 11.3 Å². The van der Waals surface area contributed by atoms with Gasteiger partial charge in [0.1, 0.15) is 5.75 Å². The molecule has 0 saturated carbocycles. The SMILES string of the molecule is Cc1cccc(NC(=O)c2ccc(-c3ccc(O)c(C(F)(F)F)c3)s2)c1. The molecular weight excluding hydrogens is 363 g/mol. The Bertz CT molecular complexity index is 963. The normalized spacial score (nSPS) is 11.4. The molecule has 3 nitrogen and oxygen atoms in total. The number of aryl methyl sites for hydroxylation is 1. The molecule has 0 aliphatic heterocycles. The monoisotopic (exact) mass is 377 g/mol. The standard InChI is InChI=1S/C19H14F3NO2S/c1-11-3-2-4-13(9-11)23-18(25)17-8-7-16(26-17)12-5-6-15(24)14(10-12)19(20,21)22/h2-10,24H,1H3,(H,23,25). The van der Waals surface area contributed by atoms with Crippen LogP contribution in [0, 0.1) is 6.92 Å². The molecule has 1 amide bonds. The topological polar surface area (TPSA) is 49.3 Å². The van der Waals surface area contributed by atoms with E-state index < -0.39 is 17.5 Å². The third-order valence-electron chi connectivity index (χ3n) is 3.69. The summed E-state index contributed by atoms with van der Waals surface area (Å²) in [7, 11) is 0. The van der Waals surface area contributed by atoms with Crippen LogP contribution in [0.15, 0.2) is 54.6 Å². The average molecular weight is 377 g/mol. The van der Waals surface area contributed by atoms with Crippen molar-refractivity contribution in [3.63, 3.8) is 0 Å². The zero-order chi connectivity index (χ0) is 18.9. The van der Waals surface area contributed by atoms with E-state index in [-0.39, 0.29) is 11.5 Å². The molecule has 3 aromatic rings. The number of nitrogens with one attached hydrogen (secondary N) is 1. The van der Waals surface area contributed by atoms with Crippen molar-refractivity contribution in [3.05, 3.63) is 70.6 Å². The number of aromatic hydroxyl groups is 1. The van der Waals surface area contributed by atoms with Crippen LogP contribution in [0.1, 0.15) is 20.8 Å². The Labute approximate surface area is 151 Å². The Morgan fingerprint density at radius 1 is 1.08 bits per heavy atom. The van der Waals surface area contributed by atoms with Gasteiger partial charge in [-0.3, -0.25) is 4.79 Å². The first-order chi connectivity index (χ1) is 12.2. The van der Waals surface area contributed by atoms with Gasteiger partial charge in [-0.1, -0.05) is 12.1 Å². The lowest BCUT2D eigenvalue weighted by atomic mass is 10.1. The van der Waals surface area contributed by atoms with Crippen LogP contribution in [0.2, 0.25) is 0 Å². The summed E-state index contributed by atoms with van der Waals surface area (Å²) in [5.74, 6) is -1.16. The number of hydrogen-bond acceptors (Lipinski definition) is 3. The fourth-order valence-corrected chi connectivity index (χ4v) is 3.34. The Morgan fingerprint density at radius 2 is 1.85 bits per heavy atom. The number of rotatable bonds is 3. The van der Waals surface area contributed by atoms with Gasteiger partial charge < -0.3 is 10.4 Å². The molecule has 0 saturated heterocycles. The summed E-state index contributed by atoms with van der Waals surface area (Å²) in [6, 6.07) is 13.7. The van der Waals surface area contributed by atoms with Crippen LogP contribution in [0.3, 0.4) is 0 Å². The lowest BCUT2D eigenvalue weighted by molar-refractivity contribution is -0.138. The molecule has 26 heavy (non-hydrogen) atoms. The van der Waals surface area contributed by atoms with Crippen molar-refractivity contribution < 1.29 is 23.1 Å². The lowest BCUT2D eigenvalue weighted by Crippen LogP contribution is -2.09. The number of phenolic OH excluding ortho intramolecular Hbond substituents is 1. The number of thiophene rings is 1. The molecule has 0 spiro atoms. The molecule has 0 bridgehead atoms. The molecule has 1 heterocycles. The first-order valence-electron chi connectivity index (χ1n) is 7.62. The summed E-state index contributed by atoms with van der Waals surface area (Å²) in [6.45, 7) is 1.90. The first-order valence-corrected chi connectivity index (χ1v) is 8.44. The molecule has 134 valence electrons. The number of amides is 1. The molecule has 7 heteroatoms. The second-order valence-corrected chi connectivity index (χ2v) is 6.80. The number of hydrogen-bond donors (Lipinski definition) is 2. The summed E-state index contributed by atoms with van der Waals surface area (Å²) >= 11 is 1.08. The number of carbonyl (C=O) groups is 1. The number of phenols is 1. The zero-order valence-electron chi connectivity index (χ0n) is 13.6. The Hall–Kier alpha value is -2.80. The minimum Gasteiger partial charge on any atom is -0.507 e. The lowest BCUT2D eigenvalue weighted by Gasteiger charge is -2.10. The predicted molar refractivity (Wildman–Crippen MR) is 95.6 cm³/mol. The van der Waals surface area contributed by atoms with E-state index in [1.54, 1.807) is 18.2 Å². The number of carbonyl (C=O) groups excluding carboxylic acids is 1. The minimum atomic E-state index is -4.65. The second kappa shape index (κ2) is 6.84. The van der Waals surface area contributed by atoms with Crippen LogP contribution in [0.4, 0.5) is 18.9 Å². The number of anilines is 1. The van der Waals surface area contributed by atoms with Crippen LogP contribution < -0.4 is 5.32 Å². The fraction of sp³-hybridized carbons (Fsp3) is 0.105. The van der Waals surface area contributed by atoms with Gasteiger partial charge >= 0.3 is 6.18 Å². The molecule has 0 aliphatic rings. The van der Waals surface area contributed by atoms with E-state index in [9.17, 15) is 23.1 Å². The maximum absolute atomic E-state index is 12.9. The van der Waals surface area contributed by atoms with Gasteiger partial charge in [0, 0.05) is 10.6 Å². The molecule has 1 aromatic heterocycles. The molecule has 2 N–H and O–H groups in total. The summed E-state index contributed by atoms with van der Waals surface area (Å²) < 4.78 is 38.8. The molecule has 0 atom stereocenters. The molecule has 0 radical (unpaired) electrons. The van der Waals surface area contributed by atoms with Crippen LogP contribution >= 0.6 is 11.3 Å². The maximum atomic E-state index is 12.9. The Morgan fingerprint density at radius 3 is 2.54 bits per heavy atom. The van der Waals surface area contributed by atoms with Crippen molar-refractivity contribution in [2.45, 2.75) is 13.1 Å². The molecular formula is C19H14F3NO2S. The van der Waals surface area contributed by atoms with Crippen LogP contribution in [-0.2, 0) is 6.18 Å². The van der Waals surface area contributed by atoms with Crippen LogP contribution in [0.5, 0.6) is 5.75 Å². The van der Waals surface area contributed by atoms with Crippen molar-refractivity contribution in [2.24, 2.45) is 0 Å². The highest BCUT2D eigenvalue weighted by Gasteiger charge is 2.34. The van der Waals surface area contributed by atoms with Crippen LogP contribution in [0.25, 0.3) is 10.4 Å². The van der Waals surface area contributed by atoms with Crippen molar-refractivity contribution >= 4 is 22.9 Å². The van der Waals surface area contributed by atoms with Gasteiger partial charge in [-0.2, -0.15) is 13.2 Å². The summed E-state index contributed by atoms with van der Waals surface area (Å²) in [4.78, 5) is 13.2. The highest BCUT2D eigenvalue weighted by Crippen LogP contribution is 2.39. The van der Waals surface area contributed by atoms with E-state index in [4.69, 9.17) is 0 Å². The predicted octanol–water partition coefficient (Wildman–Crippen LogP) is 5.70. The third kappa shape index (κ3) is 3.88. The maximum Gasteiger partial charge on any atom is 0.419 e. The molecule has 0 unspecified atom stereocenters. The first kappa shape index (κ1) is 18.0. The largest absolute Gasteiger partial charge is 0.507 e. The van der Waals surface area contributed by atoms with Gasteiger partial charge in [0.25, 0.3) is 5.91 Å². The van der Waals surface area contributed by atoms with E-state index in [1.165, 1.54) is 6.07 Å². The fourth-order valence-electron chi connectivity index (χ4n) is 2.45. The van der Waals surface area contributed by atoms with Gasteiger partial charge in [-0.25, -0.2) is 0 Å². The molecule has 0 fully saturated rings. The van der Waals surface area contributed by atoms with Crippen molar-refractivity contribution in [1.82, 2.24) is 0 Å². The molecule has 0 aliphatic carbocycles. The smallest absolute Gasteiger partial charge is 0.419 e. The number of alkyl halides is 3. The van der Waals surface area contributed by atoms with Crippen LogP contribution in [-0.4, -0.2) is 11.0 Å². The summed E-state index contributed by atoms with van der Waals surface area (Å²) in [5, 5.41) is 12.2. The molecule has 2 aromatic carbocycles. The van der Waals surface area contributed by atoms with E-state index in [1.807, 2.05) is 25.1 Å². The average Bonchev–Trinajstić information content (AvgIpc) is 3.04. The quantitative estimate of drug-likeness (QED) is 0.615. The zero-order valence-corrected chi connectivity index (χ0v) is 14.4. The highest BCUT2D eigenvalue weighted by atomic mass is 32.1. The highest BCUT2D eigenvalue weighted by molar-refractivity contribution is 7.17. The third-order valence-corrected chi connectivity index (χ3v) is 4.83. The van der Waals surface area contributed by atoms with E-state index in [0.717, 1.165) is 29.0 Å². The Balaban J connectivity index is 1.85. The van der Waals surface area contributed by atoms with Gasteiger partial charge in [-0.05, 0) is 60.5 Å². The van der Waals surface area contributed by atoms with Crippen molar-refractivity contribution in [2.75, 3.05) is 5.32 Å². The van der Waals surface area contributed by atoms with Crippen molar-refractivity contribution in [1.29, 1.82) is 0 Å². The van der Waals surface area contributed by atoms with Crippen molar-refractivity contribution in [3.8, 4) is 16.2 Å². The minimum absolute atomic E-state index is 0.287. The Kier molecular flexibility index (Phi) is 4.73. The summed E-state index contributed by atoms with van der Waals surface area (Å²) in [6.07, 6.45) is -4.65. The molecule has 3 rings (SSSR count). The van der Waals surface area contributed by atoms with Gasteiger partial charge in [0.15, 0.2) is 0 Å². The number of benzene rings is 2. The van der Waals surface area contributed by atoms with Gasteiger partial charge in [0.2, 0.25) is 0 Å².